The molecule has 0 amide bonds. The van der Waals surface area contributed by atoms with Crippen LogP contribution in [0.5, 0.6) is 0 Å². The topological polar surface area (TPSA) is 30.7 Å². The van der Waals surface area contributed by atoms with Crippen molar-refractivity contribution < 1.29 is 0 Å². The molecule has 0 aliphatic heterocycles. The first kappa shape index (κ1) is 8.72. The van der Waals surface area contributed by atoms with Gasteiger partial charge in [0.1, 0.15) is 6.33 Å². The second-order valence-electron chi connectivity index (χ2n) is 2.41. The molecule has 1 heterocycles. The summed E-state index contributed by atoms with van der Waals surface area (Å²) in [6.07, 6.45) is 1.60. The molecule has 0 aliphatic carbocycles. The van der Waals surface area contributed by atoms with Gasteiger partial charge in [-0.25, -0.2) is 9.67 Å². The third-order valence-corrected chi connectivity index (χ3v) is 2.25. The lowest BCUT2D eigenvalue weighted by Crippen LogP contribution is -1.94. The van der Waals surface area contributed by atoms with Crippen molar-refractivity contribution >= 4 is 27.5 Å². The molecule has 0 N–H and O–H groups in total. The van der Waals surface area contributed by atoms with E-state index in [1.807, 2.05) is 24.3 Å². The van der Waals surface area contributed by atoms with E-state index in [0.717, 1.165) is 5.69 Å². The van der Waals surface area contributed by atoms with Crippen molar-refractivity contribution in [2.45, 2.75) is 0 Å². The van der Waals surface area contributed by atoms with Gasteiger partial charge in [-0.15, -0.1) is 5.10 Å². The monoisotopic (exact) mass is 257 g/mol. The van der Waals surface area contributed by atoms with E-state index in [1.165, 1.54) is 0 Å². The van der Waals surface area contributed by atoms with E-state index in [4.69, 9.17) is 11.6 Å². The number of hydrogen-bond acceptors (Lipinski definition) is 2. The van der Waals surface area contributed by atoms with Crippen LogP contribution in [-0.2, 0) is 0 Å². The van der Waals surface area contributed by atoms with Crippen LogP contribution < -0.4 is 0 Å². The average Bonchev–Trinajstić information content (AvgIpc) is 2.53. The molecule has 66 valence electrons. The number of halogens is 2. The minimum atomic E-state index is 0.549. The molecule has 2 aromatic rings. The van der Waals surface area contributed by atoms with E-state index < -0.39 is 0 Å². The molecule has 5 heteroatoms. The van der Waals surface area contributed by atoms with Gasteiger partial charge in [-0.05, 0) is 28.1 Å². The van der Waals surface area contributed by atoms with Crippen LogP contribution >= 0.6 is 27.5 Å². The molecule has 0 saturated carbocycles. The normalized spacial score (nSPS) is 10.3. The van der Waals surface area contributed by atoms with Crippen molar-refractivity contribution in [3.05, 3.63) is 40.3 Å². The highest BCUT2D eigenvalue weighted by Gasteiger charge is 2.02. The Morgan fingerprint density at radius 3 is 2.69 bits per heavy atom. The minimum Gasteiger partial charge on any atom is -0.218 e. The van der Waals surface area contributed by atoms with Crippen molar-refractivity contribution in [3.8, 4) is 5.69 Å². The molecule has 0 unspecified atom stereocenters. The molecule has 3 nitrogen and oxygen atoms in total. The summed E-state index contributed by atoms with van der Waals surface area (Å²) in [4.78, 5) is 3.94. The van der Waals surface area contributed by atoms with Crippen molar-refractivity contribution in [1.29, 1.82) is 0 Å². The van der Waals surface area contributed by atoms with Crippen LogP contribution in [0.25, 0.3) is 5.69 Å². The van der Waals surface area contributed by atoms with E-state index in [9.17, 15) is 0 Å². The van der Waals surface area contributed by atoms with Gasteiger partial charge in [-0.1, -0.05) is 23.7 Å². The van der Waals surface area contributed by atoms with E-state index in [-0.39, 0.29) is 0 Å². The third kappa shape index (κ3) is 1.73. The maximum atomic E-state index is 5.96. The lowest BCUT2D eigenvalue weighted by molar-refractivity contribution is 0.870. The van der Waals surface area contributed by atoms with Gasteiger partial charge in [0, 0.05) is 0 Å². The standard InChI is InChI=1S/C8H5BrClN3/c9-8-11-5-13(12-8)7-4-2-1-3-6(7)10/h1-5H. The fraction of sp³-hybridized carbons (Fsp3) is 0. The zero-order valence-corrected chi connectivity index (χ0v) is 8.83. The van der Waals surface area contributed by atoms with Gasteiger partial charge < -0.3 is 0 Å². The van der Waals surface area contributed by atoms with Gasteiger partial charge in [0.15, 0.2) is 0 Å². The smallest absolute Gasteiger partial charge is 0.217 e. The zero-order chi connectivity index (χ0) is 9.26. The summed E-state index contributed by atoms with van der Waals surface area (Å²) >= 11 is 9.13. The predicted molar refractivity (Wildman–Crippen MR) is 54.1 cm³/mol. The SMILES string of the molecule is Clc1ccccc1-n1cnc(Br)n1. The summed E-state index contributed by atoms with van der Waals surface area (Å²) in [6, 6.07) is 7.46. The first-order chi connectivity index (χ1) is 6.27. The van der Waals surface area contributed by atoms with Crippen LogP contribution in [-0.4, -0.2) is 14.8 Å². The molecule has 0 bridgehead atoms. The Morgan fingerprint density at radius 2 is 2.08 bits per heavy atom. The molecule has 0 aliphatic rings. The third-order valence-electron chi connectivity index (χ3n) is 1.56. The van der Waals surface area contributed by atoms with Crippen LogP contribution in [0.2, 0.25) is 5.02 Å². The van der Waals surface area contributed by atoms with Crippen LogP contribution in [0, 0.1) is 0 Å². The van der Waals surface area contributed by atoms with Crippen molar-refractivity contribution in [2.24, 2.45) is 0 Å². The zero-order valence-electron chi connectivity index (χ0n) is 6.48. The highest BCUT2D eigenvalue weighted by Crippen LogP contribution is 2.18. The van der Waals surface area contributed by atoms with E-state index in [2.05, 4.69) is 26.0 Å². The number of benzene rings is 1. The molecule has 0 atom stereocenters. The van der Waals surface area contributed by atoms with Crippen molar-refractivity contribution in [3.63, 3.8) is 0 Å². The van der Waals surface area contributed by atoms with Crippen LogP contribution in [0.3, 0.4) is 0 Å². The summed E-state index contributed by atoms with van der Waals surface area (Å²) in [6.45, 7) is 0. The van der Waals surface area contributed by atoms with Gasteiger partial charge in [0.2, 0.25) is 4.73 Å². The van der Waals surface area contributed by atoms with Gasteiger partial charge in [0.25, 0.3) is 0 Å². The fourth-order valence-electron chi connectivity index (χ4n) is 0.996. The maximum Gasteiger partial charge on any atom is 0.217 e. The Hall–Kier alpha value is -0.870. The second kappa shape index (κ2) is 3.47. The summed E-state index contributed by atoms with van der Waals surface area (Å²) in [7, 11) is 0. The highest BCUT2D eigenvalue weighted by molar-refractivity contribution is 9.10. The van der Waals surface area contributed by atoms with Gasteiger partial charge >= 0.3 is 0 Å². The summed E-state index contributed by atoms with van der Waals surface area (Å²) in [5.74, 6) is 0. The molecular formula is C8H5BrClN3. The predicted octanol–water partition coefficient (Wildman–Crippen LogP) is 2.68. The largest absolute Gasteiger partial charge is 0.218 e. The van der Waals surface area contributed by atoms with Crippen LogP contribution in [0.1, 0.15) is 0 Å². The number of rotatable bonds is 1. The molecule has 0 radical (unpaired) electrons. The first-order valence-corrected chi connectivity index (χ1v) is 4.76. The Morgan fingerprint density at radius 1 is 1.31 bits per heavy atom. The first-order valence-electron chi connectivity index (χ1n) is 3.59. The van der Waals surface area contributed by atoms with Gasteiger partial charge in [-0.2, -0.15) is 0 Å². The fourth-order valence-corrected chi connectivity index (χ4v) is 1.48. The molecule has 1 aromatic heterocycles. The van der Waals surface area contributed by atoms with E-state index >= 15 is 0 Å². The van der Waals surface area contributed by atoms with Gasteiger partial charge in [0.05, 0.1) is 10.7 Å². The molecule has 0 saturated heterocycles. The average molecular weight is 259 g/mol. The van der Waals surface area contributed by atoms with Crippen molar-refractivity contribution in [1.82, 2.24) is 14.8 Å². The van der Waals surface area contributed by atoms with Crippen molar-refractivity contribution in [2.75, 3.05) is 0 Å². The van der Waals surface area contributed by atoms with E-state index in [0.29, 0.717) is 9.76 Å². The van der Waals surface area contributed by atoms with Crippen LogP contribution in [0.15, 0.2) is 35.3 Å². The summed E-state index contributed by atoms with van der Waals surface area (Å²) in [5, 5.41) is 4.73. The maximum absolute atomic E-state index is 5.96. The molecule has 2 rings (SSSR count). The molecule has 1 aromatic carbocycles. The Labute approximate surface area is 88.5 Å². The lowest BCUT2D eigenvalue weighted by atomic mass is 10.3. The second-order valence-corrected chi connectivity index (χ2v) is 3.53. The Balaban J connectivity index is 2.52. The van der Waals surface area contributed by atoms with Gasteiger partial charge in [-0.3, -0.25) is 0 Å². The van der Waals surface area contributed by atoms with Crippen LogP contribution in [0.4, 0.5) is 0 Å². The highest BCUT2D eigenvalue weighted by atomic mass is 79.9. The Bertz CT molecular complexity index is 427. The molecule has 0 spiro atoms. The number of aromatic nitrogens is 3. The number of hydrogen-bond donors (Lipinski definition) is 0. The number of para-hydroxylation sites is 1. The lowest BCUT2D eigenvalue weighted by Gasteiger charge is -2.00. The Kier molecular flexibility index (Phi) is 2.33. The summed E-state index contributed by atoms with van der Waals surface area (Å²) in [5.41, 5.74) is 0.822. The molecular weight excluding hydrogens is 253 g/mol. The summed E-state index contributed by atoms with van der Waals surface area (Å²) < 4.78 is 2.17. The molecule has 0 fully saturated rings. The molecule has 13 heavy (non-hydrogen) atoms. The van der Waals surface area contributed by atoms with E-state index in [1.54, 1.807) is 11.0 Å². The quantitative estimate of drug-likeness (QED) is 0.787. The number of nitrogens with zero attached hydrogens (tertiary/aromatic N) is 3. The minimum absolute atomic E-state index is 0.549.